The monoisotopic (exact) mass is 518 g/mol. The van der Waals surface area contributed by atoms with Crippen molar-refractivity contribution in [1.82, 2.24) is 10.6 Å². The smallest absolute Gasteiger partial charge is 0.191 e. The molecule has 1 unspecified atom stereocenters. The molecule has 1 aliphatic carbocycles. The Morgan fingerprint density at radius 3 is 2.45 bits per heavy atom. The summed E-state index contributed by atoms with van der Waals surface area (Å²) < 4.78 is 10.8. The summed E-state index contributed by atoms with van der Waals surface area (Å²) in [5.74, 6) is 2.38. The molecule has 0 bridgehead atoms. The summed E-state index contributed by atoms with van der Waals surface area (Å²) in [4.78, 5) is 7.00. The van der Waals surface area contributed by atoms with Gasteiger partial charge < -0.3 is 30.1 Å². The largest absolute Gasteiger partial charge is 0.497 e. The van der Waals surface area contributed by atoms with Gasteiger partial charge in [0.1, 0.15) is 11.5 Å². The molecule has 1 aliphatic heterocycles. The summed E-state index contributed by atoms with van der Waals surface area (Å²) in [7, 11) is 3.34. The molecule has 1 heterocycles. The van der Waals surface area contributed by atoms with Crippen molar-refractivity contribution in [1.29, 1.82) is 0 Å². The fourth-order valence-corrected chi connectivity index (χ4v) is 4.02. The second-order valence-electron chi connectivity index (χ2n) is 7.77. The normalized spacial score (nSPS) is 20.9. The molecule has 164 valence electrons. The molecular formula is C21H35IN4O3. The zero-order valence-electron chi connectivity index (χ0n) is 17.7. The molecule has 3 N–H and O–H groups in total. The van der Waals surface area contributed by atoms with Gasteiger partial charge in [0.05, 0.1) is 26.4 Å². The van der Waals surface area contributed by atoms with Crippen LogP contribution in [-0.2, 0) is 0 Å². The standard InChI is InChI=1S/C21H34N4O3.HI/c1-4-22-20(23-15-21(26)8-5-6-9-21)24-16-7-10-25(14-16)17-11-18(27-2)13-19(12-17)28-3;/h11-13,16,26H,4-10,14-15H2,1-3H3,(H2,22,23,24);1H. The van der Waals surface area contributed by atoms with Crippen molar-refractivity contribution in [2.45, 2.75) is 50.7 Å². The van der Waals surface area contributed by atoms with Crippen LogP contribution in [0, 0.1) is 0 Å². The van der Waals surface area contributed by atoms with Gasteiger partial charge in [0, 0.05) is 49.6 Å². The van der Waals surface area contributed by atoms with Crippen molar-refractivity contribution in [2.24, 2.45) is 4.99 Å². The topological polar surface area (TPSA) is 78.4 Å². The number of rotatable bonds is 7. The molecule has 0 radical (unpaired) electrons. The minimum atomic E-state index is -0.624. The molecule has 8 heteroatoms. The highest BCUT2D eigenvalue weighted by Crippen LogP contribution is 2.31. The van der Waals surface area contributed by atoms with Crippen molar-refractivity contribution in [3.05, 3.63) is 18.2 Å². The quantitative estimate of drug-likeness (QED) is 0.293. The van der Waals surface area contributed by atoms with Gasteiger partial charge in [-0.2, -0.15) is 0 Å². The average Bonchev–Trinajstić information content (AvgIpc) is 3.35. The van der Waals surface area contributed by atoms with Crippen LogP contribution < -0.4 is 25.0 Å². The first-order valence-electron chi connectivity index (χ1n) is 10.3. The maximum Gasteiger partial charge on any atom is 0.191 e. The number of guanidine groups is 1. The highest BCUT2D eigenvalue weighted by molar-refractivity contribution is 14.0. The molecule has 7 nitrogen and oxygen atoms in total. The molecule has 0 spiro atoms. The lowest BCUT2D eigenvalue weighted by Crippen LogP contribution is -2.45. The molecule has 2 fully saturated rings. The maximum absolute atomic E-state index is 10.6. The highest BCUT2D eigenvalue weighted by Gasteiger charge is 2.31. The van der Waals surface area contributed by atoms with Gasteiger partial charge in [-0.25, -0.2) is 0 Å². The van der Waals surface area contributed by atoms with Crippen molar-refractivity contribution in [3.8, 4) is 11.5 Å². The van der Waals surface area contributed by atoms with Crippen molar-refractivity contribution < 1.29 is 14.6 Å². The summed E-state index contributed by atoms with van der Waals surface area (Å²) in [5.41, 5.74) is 0.476. The first-order chi connectivity index (χ1) is 13.5. The molecule has 1 saturated carbocycles. The summed E-state index contributed by atoms with van der Waals surface area (Å²) in [6.07, 6.45) is 4.92. The summed E-state index contributed by atoms with van der Waals surface area (Å²) >= 11 is 0. The van der Waals surface area contributed by atoms with Crippen LogP contribution in [0.2, 0.25) is 0 Å². The number of halogens is 1. The number of nitrogens with zero attached hydrogens (tertiary/aromatic N) is 2. The van der Waals surface area contributed by atoms with Crippen LogP contribution >= 0.6 is 24.0 Å². The predicted molar refractivity (Wildman–Crippen MR) is 128 cm³/mol. The summed E-state index contributed by atoms with van der Waals surface area (Å²) in [6, 6.07) is 6.27. The Kier molecular flexibility index (Phi) is 9.13. The van der Waals surface area contributed by atoms with Gasteiger partial charge in [-0.1, -0.05) is 12.8 Å². The van der Waals surface area contributed by atoms with Gasteiger partial charge in [0.25, 0.3) is 0 Å². The van der Waals surface area contributed by atoms with Gasteiger partial charge in [-0.3, -0.25) is 4.99 Å². The Morgan fingerprint density at radius 1 is 1.21 bits per heavy atom. The van der Waals surface area contributed by atoms with E-state index >= 15 is 0 Å². The molecule has 1 atom stereocenters. The second-order valence-corrected chi connectivity index (χ2v) is 7.77. The zero-order chi connectivity index (χ0) is 20.0. The van der Waals surface area contributed by atoms with Crippen molar-refractivity contribution in [3.63, 3.8) is 0 Å². The predicted octanol–water partition coefficient (Wildman–Crippen LogP) is 2.76. The van der Waals surface area contributed by atoms with Gasteiger partial charge in [-0.15, -0.1) is 24.0 Å². The lowest BCUT2D eigenvalue weighted by Gasteiger charge is -2.23. The van der Waals surface area contributed by atoms with E-state index in [1.165, 1.54) is 0 Å². The Hall–Kier alpha value is -1.42. The minimum absolute atomic E-state index is 0. The number of hydrogen-bond acceptors (Lipinski definition) is 5. The SMILES string of the molecule is CCNC(=NCC1(O)CCCC1)NC1CCN(c2cc(OC)cc(OC)c2)C1.I. The van der Waals surface area contributed by atoms with Crippen molar-refractivity contribution >= 4 is 35.6 Å². The van der Waals surface area contributed by atoms with Crippen molar-refractivity contribution in [2.75, 3.05) is 45.3 Å². The Balaban J connectivity index is 0.00000300. The van der Waals surface area contributed by atoms with E-state index in [2.05, 4.69) is 27.4 Å². The first-order valence-corrected chi connectivity index (χ1v) is 10.3. The van der Waals surface area contributed by atoms with E-state index in [9.17, 15) is 5.11 Å². The van der Waals surface area contributed by atoms with Crippen LogP contribution in [0.25, 0.3) is 0 Å². The molecular weight excluding hydrogens is 483 g/mol. The van der Waals surface area contributed by atoms with E-state index in [0.29, 0.717) is 12.6 Å². The summed E-state index contributed by atoms with van der Waals surface area (Å²) in [5, 5.41) is 17.4. The maximum atomic E-state index is 10.6. The number of aliphatic hydroxyl groups is 1. The van der Waals surface area contributed by atoms with Gasteiger partial charge in [0.15, 0.2) is 5.96 Å². The number of anilines is 1. The third-order valence-corrected chi connectivity index (χ3v) is 5.64. The molecule has 29 heavy (non-hydrogen) atoms. The van der Waals surface area contributed by atoms with Crippen LogP contribution in [0.15, 0.2) is 23.2 Å². The number of hydrogen-bond donors (Lipinski definition) is 3. The van der Waals surface area contributed by atoms with Crippen LogP contribution in [-0.4, -0.2) is 63.1 Å². The molecule has 1 saturated heterocycles. The molecule has 0 amide bonds. The van der Waals surface area contributed by atoms with Gasteiger partial charge in [-0.05, 0) is 26.2 Å². The Bertz CT molecular complexity index is 658. The number of nitrogens with one attached hydrogen (secondary N) is 2. The number of benzene rings is 1. The van der Waals surface area contributed by atoms with Gasteiger partial charge >= 0.3 is 0 Å². The summed E-state index contributed by atoms with van der Waals surface area (Å²) in [6.45, 7) is 5.16. The molecule has 3 rings (SSSR count). The first kappa shape index (κ1) is 23.9. The number of aliphatic imine (C=N–C) groups is 1. The number of methoxy groups -OCH3 is 2. The molecule has 1 aromatic rings. The third-order valence-electron chi connectivity index (χ3n) is 5.64. The fourth-order valence-electron chi connectivity index (χ4n) is 4.02. The Labute approximate surface area is 191 Å². The molecule has 1 aromatic carbocycles. The molecule has 2 aliphatic rings. The van der Waals surface area contributed by atoms with Crippen LogP contribution in [0.3, 0.4) is 0 Å². The van der Waals surface area contributed by atoms with E-state index in [1.54, 1.807) is 14.2 Å². The number of ether oxygens (including phenoxy) is 2. The van der Waals surface area contributed by atoms with Gasteiger partial charge in [0.2, 0.25) is 0 Å². The minimum Gasteiger partial charge on any atom is -0.497 e. The van der Waals surface area contributed by atoms with E-state index < -0.39 is 5.60 Å². The zero-order valence-corrected chi connectivity index (χ0v) is 20.1. The van der Waals surface area contributed by atoms with Crippen LogP contribution in [0.1, 0.15) is 39.0 Å². The van der Waals surface area contributed by atoms with Crippen LogP contribution in [0.4, 0.5) is 5.69 Å². The Morgan fingerprint density at radius 2 is 1.86 bits per heavy atom. The average molecular weight is 518 g/mol. The fraction of sp³-hybridized carbons (Fsp3) is 0.667. The van der Waals surface area contributed by atoms with E-state index in [1.807, 2.05) is 18.2 Å². The highest BCUT2D eigenvalue weighted by atomic mass is 127. The second kappa shape index (κ2) is 11.1. The van der Waals surface area contributed by atoms with Crippen LogP contribution in [0.5, 0.6) is 11.5 Å². The molecule has 0 aromatic heterocycles. The van der Waals surface area contributed by atoms with E-state index in [0.717, 1.165) is 74.9 Å². The lowest BCUT2D eigenvalue weighted by molar-refractivity contribution is 0.0574. The van der Waals surface area contributed by atoms with E-state index in [4.69, 9.17) is 9.47 Å². The van der Waals surface area contributed by atoms with E-state index in [-0.39, 0.29) is 24.0 Å². The lowest BCUT2D eigenvalue weighted by atomic mass is 10.0. The third kappa shape index (κ3) is 6.53.